The maximum Gasteiger partial charge on any atom is 0.233 e. The van der Waals surface area contributed by atoms with Crippen LogP contribution in [0.2, 0.25) is 0 Å². The van der Waals surface area contributed by atoms with Crippen molar-refractivity contribution in [2.75, 3.05) is 12.3 Å². The topological polar surface area (TPSA) is 55.1 Å². The lowest BCUT2D eigenvalue weighted by molar-refractivity contribution is -0.121. The van der Waals surface area contributed by atoms with E-state index in [9.17, 15) is 4.79 Å². The Morgan fingerprint density at radius 1 is 1.40 bits per heavy atom. The highest BCUT2D eigenvalue weighted by molar-refractivity contribution is 8.00. The molecule has 0 rings (SSSR count). The average Bonchev–Trinajstić information content (AvgIpc) is 2.10. The average molecular weight is 232 g/mol. The first-order valence-corrected chi connectivity index (χ1v) is 6.45. The minimum Gasteiger partial charge on any atom is -0.351 e. The van der Waals surface area contributed by atoms with Crippen molar-refractivity contribution in [3.8, 4) is 0 Å². The maximum atomic E-state index is 11.7. The van der Waals surface area contributed by atoms with Gasteiger partial charge in [-0.3, -0.25) is 4.79 Å². The van der Waals surface area contributed by atoms with Crippen molar-refractivity contribution >= 4 is 17.7 Å². The van der Waals surface area contributed by atoms with Gasteiger partial charge < -0.3 is 11.1 Å². The zero-order chi connectivity index (χ0) is 12.1. The van der Waals surface area contributed by atoms with Crippen molar-refractivity contribution in [2.45, 2.75) is 45.4 Å². The zero-order valence-electron chi connectivity index (χ0n) is 10.5. The van der Waals surface area contributed by atoms with Crippen LogP contribution in [0.5, 0.6) is 0 Å². The van der Waals surface area contributed by atoms with E-state index in [1.54, 1.807) is 11.8 Å². The first kappa shape index (κ1) is 14.8. The Kier molecular flexibility index (Phi) is 6.29. The van der Waals surface area contributed by atoms with Crippen molar-refractivity contribution in [1.29, 1.82) is 0 Å². The fourth-order valence-corrected chi connectivity index (χ4v) is 1.89. The van der Waals surface area contributed by atoms with Crippen LogP contribution in [-0.2, 0) is 4.79 Å². The van der Waals surface area contributed by atoms with Gasteiger partial charge in [0.15, 0.2) is 0 Å². The smallest absolute Gasteiger partial charge is 0.233 e. The van der Waals surface area contributed by atoms with Gasteiger partial charge in [0.05, 0.1) is 5.25 Å². The molecule has 0 spiro atoms. The van der Waals surface area contributed by atoms with Crippen LogP contribution >= 0.6 is 11.8 Å². The molecule has 0 aliphatic heterocycles. The molecule has 0 heterocycles. The van der Waals surface area contributed by atoms with Crippen LogP contribution in [0.25, 0.3) is 0 Å². The summed E-state index contributed by atoms with van der Waals surface area (Å²) in [4.78, 5) is 11.7. The molecule has 15 heavy (non-hydrogen) atoms. The van der Waals surface area contributed by atoms with E-state index in [0.717, 1.165) is 5.75 Å². The van der Waals surface area contributed by atoms with Gasteiger partial charge in [0.1, 0.15) is 0 Å². The summed E-state index contributed by atoms with van der Waals surface area (Å²) in [7, 11) is 0. The predicted molar refractivity (Wildman–Crippen MR) is 68.0 cm³/mol. The van der Waals surface area contributed by atoms with Gasteiger partial charge in [-0.25, -0.2) is 0 Å². The maximum absolute atomic E-state index is 11.7. The molecule has 90 valence electrons. The monoisotopic (exact) mass is 232 g/mol. The fraction of sp³-hybridized carbons (Fsp3) is 0.909. The molecule has 4 heteroatoms. The lowest BCUT2D eigenvalue weighted by Gasteiger charge is -2.23. The second kappa shape index (κ2) is 6.38. The highest BCUT2D eigenvalue weighted by Crippen LogP contribution is 2.15. The predicted octanol–water partition coefficient (Wildman–Crippen LogP) is 1.62. The van der Waals surface area contributed by atoms with Gasteiger partial charge in [-0.15, -0.1) is 11.8 Å². The molecule has 0 saturated carbocycles. The second-order valence-corrected chi connectivity index (χ2v) is 6.43. The Morgan fingerprint density at radius 2 is 1.93 bits per heavy atom. The third-order valence-corrected chi connectivity index (χ3v) is 3.38. The van der Waals surface area contributed by atoms with E-state index in [0.29, 0.717) is 12.5 Å². The van der Waals surface area contributed by atoms with E-state index in [1.165, 1.54) is 0 Å². The third-order valence-electron chi connectivity index (χ3n) is 1.90. The molecule has 2 atom stereocenters. The summed E-state index contributed by atoms with van der Waals surface area (Å²) in [6.45, 7) is 10.7. The molecule has 0 bridgehead atoms. The van der Waals surface area contributed by atoms with Crippen LogP contribution in [-0.4, -0.2) is 29.0 Å². The highest BCUT2D eigenvalue weighted by Gasteiger charge is 2.19. The number of nitrogens with one attached hydrogen (secondary N) is 1. The Labute approximate surface area is 97.6 Å². The van der Waals surface area contributed by atoms with Gasteiger partial charge in [-0.1, -0.05) is 6.92 Å². The highest BCUT2D eigenvalue weighted by atomic mass is 32.2. The number of carbonyl (C=O) groups is 1. The molecule has 0 aliphatic carbocycles. The molecular weight excluding hydrogens is 208 g/mol. The fourth-order valence-electron chi connectivity index (χ4n) is 0.924. The lowest BCUT2D eigenvalue weighted by Crippen LogP contribution is -2.44. The first-order chi connectivity index (χ1) is 6.76. The molecule has 0 radical (unpaired) electrons. The number of rotatable bonds is 5. The summed E-state index contributed by atoms with van der Waals surface area (Å²) < 4.78 is 0. The molecule has 1 amide bonds. The second-order valence-electron chi connectivity index (χ2n) is 5.06. The van der Waals surface area contributed by atoms with Crippen LogP contribution in [0.3, 0.4) is 0 Å². The quantitative estimate of drug-likeness (QED) is 0.757. The van der Waals surface area contributed by atoms with E-state index in [-0.39, 0.29) is 16.7 Å². The lowest BCUT2D eigenvalue weighted by atomic mass is 10.1. The minimum absolute atomic E-state index is 0.00164. The molecule has 0 aromatic rings. The SMILES string of the molecule is CC(CN)CSC(C)C(=O)NC(C)(C)C. The van der Waals surface area contributed by atoms with Gasteiger partial charge in [0, 0.05) is 5.54 Å². The van der Waals surface area contributed by atoms with Crippen LogP contribution in [0.15, 0.2) is 0 Å². The van der Waals surface area contributed by atoms with Crippen LogP contribution < -0.4 is 11.1 Å². The Morgan fingerprint density at radius 3 is 2.33 bits per heavy atom. The van der Waals surface area contributed by atoms with Crippen LogP contribution in [0, 0.1) is 5.92 Å². The largest absolute Gasteiger partial charge is 0.351 e. The van der Waals surface area contributed by atoms with Crippen molar-refractivity contribution in [2.24, 2.45) is 11.7 Å². The normalized spacial score (nSPS) is 15.9. The summed E-state index contributed by atoms with van der Waals surface area (Å²) in [5.41, 5.74) is 5.37. The van der Waals surface area contributed by atoms with E-state index in [1.807, 2.05) is 27.7 Å². The number of carbonyl (C=O) groups excluding carboxylic acids is 1. The summed E-state index contributed by atoms with van der Waals surface area (Å²) in [6, 6.07) is 0. The molecular formula is C11H24N2OS. The summed E-state index contributed by atoms with van der Waals surface area (Å²) >= 11 is 1.67. The van der Waals surface area contributed by atoms with Gasteiger partial charge in [-0.05, 0) is 45.9 Å². The molecule has 0 fully saturated rings. The summed E-state index contributed by atoms with van der Waals surface area (Å²) in [6.07, 6.45) is 0. The number of thioether (sulfide) groups is 1. The first-order valence-electron chi connectivity index (χ1n) is 5.40. The van der Waals surface area contributed by atoms with Gasteiger partial charge in [0.25, 0.3) is 0 Å². The third kappa shape index (κ3) is 7.68. The number of nitrogens with two attached hydrogens (primary N) is 1. The molecule has 0 aromatic carbocycles. The van der Waals surface area contributed by atoms with Crippen LogP contribution in [0.4, 0.5) is 0 Å². The van der Waals surface area contributed by atoms with E-state index < -0.39 is 0 Å². The minimum atomic E-state index is -0.147. The van der Waals surface area contributed by atoms with Gasteiger partial charge in [-0.2, -0.15) is 0 Å². The standard InChI is InChI=1S/C11H24N2OS/c1-8(6-12)7-15-9(2)10(14)13-11(3,4)5/h8-9H,6-7,12H2,1-5H3,(H,13,14). The van der Waals surface area contributed by atoms with Crippen molar-refractivity contribution in [3.05, 3.63) is 0 Å². The molecule has 0 aliphatic rings. The van der Waals surface area contributed by atoms with Gasteiger partial charge in [0.2, 0.25) is 5.91 Å². The molecule has 0 aromatic heterocycles. The molecule has 0 saturated heterocycles. The van der Waals surface area contributed by atoms with Crippen LogP contribution in [0.1, 0.15) is 34.6 Å². The number of hydrogen-bond donors (Lipinski definition) is 2. The van der Waals surface area contributed by atoms with Crippen molar-refractivity contribution in [3.63, 3.8) is 0 Å². The summed E-state index contributed by atoms with van der Waals surface area (Å²) in [5, 5.41) is 2.97. The van der Waals surface area contributed by atoms with E-state index in [4.69, 9.17) is 5.73 Å². The van der Waals surface area contributed by atoms with Crippen molar-refractivity contribution in [1.82, 2.24) is 5.32 Å². The van der Waals surface area contributed by atoms with E-state index >= 15 is 0 Å². The van der Waals surface area contributed by atoms with Gasteiger partial charge >= 0.3 is 0 Å². The Bertz CT molecular complexity index is 201. The number of amides is 1. The molecule has 3 N–H and O–H groups in total. The Balaban J connectivity index is 3.90. The van der Waals surface area contributed by atoms with Crippen molar-refractivity contribution < 1.29 is 4.79 Å². The molecule has 2 unspecified atom stereocenters. The zero-order valence-corrected chi connectivity index (χ0v) is 11.3. The van der Waals surface area contributed by atoms with E-state index in [2.05, 4.69) is 12.2 Å². The molecule has 3 nitrogen and oxygen atoms in total. The Hall–Kier alpha value is -0.220. The summed E-state index contributed by atoms with van der Waals surface area (Å²) in [5.74, 6) is 1.52. The number of hydrogen-bond acceptors (Lipinski definition) is 3.